The van der Waals surface area contributed by atoms with Gasteiger partial charge in [0.05, 0.1) is 17.6 Å². The summed E-state index contributed by atoms with van der Waals surface area (Å²) >= 11 is 7.32. The van der Waals surface area contributed by atoms with Gasteiger partial charge in [0.2, 0.25) is 5.91 Å². The van der Waals surface area contributed by atoms with Crippen LogP contribution in [0, 0.1) is 6.92 Å². The Morgan fingerprint density at radius 2 is 2.00 bits per heavy atom. The quantitative estimate of drug-likeness (QED) is 0.493. The Hall–Kier alpha value is -3.03. The molecule has 0 atom stereocenters. The number of hydrogen-bond donors (Lipinski definition) is 1. The second-order valence-electron chi connectivity index (χ2n) is 5.90. The molecule has 142 valence electrons. The summed E-state index contributed by atoms with van der Waals surface area (Å²) in [5, 5.41) is 6.72. The number of nitrogens with one attached hydrogen (secondary N) is 1. The van der Waals surface area contributed by atoms with Crippen LogP contribution in [0.25, 0.3) is 0 Å². The molecule has 2 aromatic carbocycles. The van der Waals surface area contributed by atoms with E-state index in [0.717, 1.165) is 5.56 Å². The van der Waals surface area contributed by atoms with E-state index in [0.29, 0.717) is 27.1 Å². The van der Waals surface area contributed by atoms with Crippen LogP contribution in [-0.4, -0.2) is 23.0 Å². The third-order valence-electron chi connectivity index (χ3n) is 3.84. The number of hydrazone groups is 1. The molecule has 0 aliphatic rings. The molecule has 1 heterocycles. The second-order valence-corrected chi connectivity index (χ2v) is 7.18. The molecule has 0 saturated carbocycles. The fraction of sp³-hybridized carbons (Fsp3) is 0.100. The van der Waals surface area contributed by atoms with E-state index in [1.807, 2.05) is 19.1 Å². The maximum atomic E-state index is 12.2. The van der Waals surface area contributed by atoms with Crippen LogP contribution in [0.3, 0.4) is 0 Å². The molecule has 3 rings (SSSR count). The first kappa shape index (κ1) is 19.7. The molecule has 0 radical (unpaired) electrons. The standard InChI is InChI=1S/C20H17ClN4O2S/c1-13-6-3-4-9-18(13)19(27)24-22-11-16-12-28-20(23-16)25(14(2)26)17-8-5-7-15(21)10-17/h3-12H,1-2H3,(H,24,27)/b22-11-. The number of amides is 2. The number of halogens is 1. The number of hydrogen-bond acceptors (Lipinski definition) is 5. The summed E-state index contributed by atoms with van der Waals surface area (Å²) in [6.07, 6.45) is 1.44. The van der Waals surface area contributed by atoms with Gasteiger partial charge in [0.1, 0.15) is 0 Å². The zero-order valence-corrected chi connectivity index (χ0v) is 16.8. The van der Waals surface area contributed by atoms with Gasteiger partial charge < -0.3 is 0 Å². The Labute approximate surface area is 171 Å². The Morgan fingerprint density at radius 3 is 2.71 bits per heavy atom. The number of carbonyl (C=O) groups excluding carboxylic acids is 2. The molecule has 28 heavy (non-hydrogen) atoms. The molecule has 0 aliphatic heterocycles. The molecule has 0 unspecified atom stereocenters. The molecule has 0 spiro atoms. The first-order valence-corrected chi connectivity index (χ1v) is 9.62. The van der Waals surface area contributed by atoms with Crippen molar-refractivity contribution in [2.24, 2.45) is 5.10 Å². The van der Waals surface area contributed by atoms with E-state index in [1.165, 1.54) is 29.4 Å². The number of aromatic nitrogens is 1. The summed E-state index contributed by atoms with van der Waals surface area (Å²) in [6, 6.07) is 14.2. The predicted octanol–water partition coefficient (Wildman–Crippen LogP) is 4.55. The highest BCUT2D eigenvalue weighted by Crippen LogP contribution is 2.30. The van der Waals surface area contributed by atoms with E-state index in [1.54, 1.807) is 41.8 Å². The lowest BCUT2D eigenvalue weighted by Crippen LogP contribution is -2.22. The average Bonchev–Trinajstić information content (AvgIpc) is 3.10. The number of rotatable bonds is 5. The van der Waals surface area contributed by atoms with Crippen LogP contribution in [0.4, 0.5) is 10.8 Å². The van der Waals surface area contributed by atoms with Crippen molar-refractivity contribution >= 4 is 51.8 Å². The smallest absolute Gasteiger partial charge is 0.271 e. The zero-order valence-electron chi connectivity index (χ0n) is 15.2. The Bertz CT molecular complexity index is 1050. The lowest BCUT2D eigenvalue weighted by atomic mass is 10.1. The molecule has 3 aromatic rings. The van der Waals surface area contributed by atoms with Crippen molar-refractivity contribution in [1.29, 1.82) is 0 Å². The van der Waals surface area contributed by atoms with Gasteiger partial charge in [-0.05, 0) is 36.8 Å². The van der Waals surface area contributed by atoms with Gasteiger partial charge in [0.15, 0.2) is 5.13 Å². The first-order chi connectivity index (χ1) is 13.5. The minimum Gasteiger partial charge on any atom is -0.274 e. The van der Waals surface area contributed by atoms with Crippen molar-refractivity contribution in [3.8, 4) is 0 Å². The van der Waals surface area contributed by atoms with E-state index in [4.69, 9.17) is 11.6 Å². The highest BCUT2D eigenvalue weighted by Gasteiger charge is 2.18. The minimum absolute atomic E-state index is 0.187. The number of anilines is 2. The topological polar surface area (TPSA) is 74.7 Å². The molecule has 1 N–H and O–H groups in total. The van der Waals surface area contributed by atoms with Gasteiger partial charge >= 0.3 is 0 Å². The maximum Gasteiger partial charge on any atom is 0.271 e. The predicted molar refractivity (Wildman–Crippen MR) is 113 cm³/mol. The van der Waals surface area contributed by atoms with Crippen LogP contribution in [0.2, 0.25) is 5.02 Å². The van der Waals surface area contributed by atoms with Gasteiger partial charge in [0, 0.05) is 22.9 Å². The van der Waals surface area contributed by atoms with Gasteiger partial charge in [-0.1, -0.05) is 35.9 Å². The lowest BCUT2D eigenvalue weighted by Gasteiger charge is -2.18. The summed E-state index contributed by atoms with van der Waals surface area (Å²) in [7, 11) is 0. The van der Waals surface area contributed by atoms with Crippen molar-refractivity contribution in [2.45, 2.75) is 13.8 Å². The molecular weight excluding hydrogens is 396 g/mol. The van der Waals surface area contributed by atoms with Crippen molar-refractivity contribution in [1.82, 2.24) is 10.4 Å². The number of aryl methyl sites for hydroxylation is 1. The number of carbonyl (C=O) groups is 2. The molecule has 0 fully saturated rings. The zero-order chi connectivity index (χ0) is 20.1. The summed E-state index contributed by atoms with van der Waals surface area (Å²) in [5.74, 6) is -0.484. The van der Waals surface area contributed by atoms with Crippen LogP contribution in [0.15, 0.2) is 59.0 Å². The van der Waals surface area contributed by atoms with Crippen molar-refractivity contribution < 1.29 is 9.59 Å². The van der Waals surface area contributed by atoms with Crippen LogP contribution in [0.1, 0.15) is 28.5 Å². The highest BCUT2D eigenvalue weighted by molar-refractivity contribution is 7.14. The van der Waals surface area contributed by atoms with E-state index in [2.05, 4.69) is 15.5 Å². The van der Waals surface area contributed by atoms with Crippen molar-refractivity contribution in [3.05, 3.63) is 75.8 Å². The van der Waals surface area contributed by atoms with Crippen LogP contribution in [-0.2, 0) is 4.79 Å². The van der Waals surface area contributed by atoms with Gasteiger partial charge in [-0.2, -0.15) is 5.10 Å². The second kappa shape index (κ2) is 8.77. The number of nitrogens with zero attached hydrogens (tertiary/aromatic N) is 3. The van der Waals surface area contributed by atoms with Gasteiger partial charge in [0.25, 0.3) is 5.91 Å². The fourth-order valence-electron chi connectivity index (χ4n) is 2.53. The summed E-state index contributed by atoms with van der Waals surface area (Å²) in [4.78, 5) is 30.2. The number of thiazole rings is 1. The van der Waals surface area contributed by atoms with E-state index < -0.39 is 0 Å². The normalized spacial score (nSPS) is 10.8. The van der Waals surface area contributed by atoms with Crippen LogP contribution >= 0.6 is 22.9 Å². The van der Waals surface area contributed by atoms with Crippen molar-refractivity contribution in [3.63, 3.8) is 0 Å². The first-order valence-electron chi connectivity index (χ1n) is 8.36. The molecule has 0 bridgehead atoms. The summed E-state index contributed by atoms with van der Waals surface area (Å²) < 4.78 is 0. The maximum absolute atomic E-state index is 12.2. The van der Waals surface area contributed by atoms with Crippen LogP contribution in [0.5, 0.6) is 0 Å². The van der Waals surface area contributed by atoms with E-state index in [-0.39, 0.29) is 11.8 Å². The van der Waals surface area contributed by atoms with Gasteiger partial charge in [-0.25, -0.2) is 10.4 Å². The molecule has 1 aromatic heterocycles. The lowest BCUT2D eigenvalue weighted by molar-refractivity contribution is -0.115. The molecule has 2 amide bonds. The van der Waals surface area contributed by atoms with Gasteiger partial charge in [-0.15, -0.1) is 11.3 Å². The minimum atomic E-state index is -0.297. The largest absolute Gasteiger partial charge is 0.274 e. The monoisotopic (exact) mass is 412 g/mol. The highest BCUT2D eigenvalue weighted by atomic mass is 35.5. The van der Waals surface area contributed by atoms with Crippen molar-refractivity contribution in [2.75, 3.05) is 4.90 Å². The molecule has 0 saturated heterocycles. The van der Waals surface area contributed by atoms with Crippen LogP contribution < -0.4 is 10.3 Å². The van der Waals surface area contributed by atoms with Gasteiger partial charge in [-0.3, -0.25) is 14.5 Å². The molecular formula is C20H17ClN4O2S. The molecule has 0 aliphatic carbocycles. The average molecular weight is 413 g/mol. The third kappa shape index (κ3) is 4.62. The Balaban J connectivity index is 1.74. The van der Waals surface area contributed by atoms with E-state index >= 15 is 0 Å². The fourth-order valence-corrected chi connectivity index (χ4v) is 3.55. The summed E-state index contributed by atoms with van der Waals surface area (Å²) in [6.45, 7) is 3.32. The summed E-state index contributed by atoms with van der Waals surface area (Å²) in [5.41, 5.74) is 5.07. The Kier molecular flexibility index (Phi) is 6.18. The SMILES string of the molecule is CC(=O)N(c1cccc(Cl)c1)c1nc(/C=N\NC(=O)c2ccccc2C)cs1. The third-order valence-corrected chi connectivity index (χ3v) is 4.91. The molecule has 6 nitrogen and oxygen atoms in total. The number of benzene rings is 2. The Morgan fingerprint density at radius 1 is 1.21 bits per heavy atom. The van der Waals surface area contributed by atoms with E-state index in [9.17, 15) is 9.59 Å². The molecule has 8 heteroatoms.